The van der Waals surface area contributed by atoms with Gasteiger partial charge in [-0.25, -0.2) is 9.07 Å². The molecule has 0 aliphatic heterocycles. The van der Waals surface area contributed by atoms with Gasteiger partial charge in [-0.2, -0.15) is 5.10 Å². The van der Waals surface area contributed by atoms with E-state index in [9.17, 15) is 9.18 Å². The first kappa shape index (κ1) is 17.7. The van der Waals surface area contributed by atoms with Crippen LogP contribution in [0.25, 0.3) is 5.69 Å². The number of rotatable bonds is 5. The van der Waals surface area contributed by atoms with Crippen molar-refractivity contribution < 1.29 is 9.18 Å². The summed E-state index contributed by atoms with van der Waals surface area (Å²) in [5.41, 5.74) is 2.40. The minimum absolute atomic E-state index is 0.0639. The van der Waals surface area contributed by atoms with Gasteiger partial charge in [0, 0.05) is 5.02 Å². The van der Waals surface area contributed by atoms with Crippen molar-refractivity contribution in [3.63, 3.8) is 0 Å². The van der Waals surface area contributed by atoms with Gasteiger partial charge in [-0.3, -0.25) is 4.79 Å². The van der Waals surface area contributed by atoms with Crippen LogP contribution in [0, 0.1) is 18.7 Å². The Bertz CT molecular complexity index is 979. The van der Waals surface area contributed by atoms with Gasteiger partial charge >= 0.3 is 0 Å². The molecular formula is C21H19ClFN3O. The van der Waals surface area contributed by atoms with Crippen molar-refractivity contribution in [1.29, 1.82) is 0 Å². The first-order valence-corrected chi connectivity index (χ1v) is 9.28. The molecule has 4 nitrogen and oxygen atoms in total. The summed E-state index contributed by atoms with van der Waals surface area (Å²) in [6.07, 6.45) is 3.66. The highest BCUT2D eigenvalue weighted by molar-refractivity contribution is 6.30. The van der Waals surface area contributed by atoms with Gasteiger partial charge in [0.15, 0.2) is 0 Å². The number of benzene rings is 2. The van der Waals surface area contributed by atoms with Gasteiger partial charge in [0.25, 0.3) is 5.91 Å². The maximum Gasteiger partial charge on any atom is 0.255 e. The number of amides is 1. The second-order valence-electron chi connectivity index (χ2n) is 6.85. The number of carbonyl (C=O) groups is 1. The van der Waals surface area contributed by atoms with Crippen LogP contribution in [0.3, 0.4) is 0 Å². The van der Waals surface area contributed by atoms with Gasteiger partial charge in [-0.1, -0.05) is 35.9 Å². The van der Waals surface area contributed by atoms with Crippen LogP contribution in [0.2, 0.25) is 5.02 Å². The summed E-state index contributed by atoms with van der Waals surface area (Å²) >= 11 is 5.98. The van der Waals surface area contributed by atoms with Crippen LogP contribution in [0.15, 0.2) is 54.7 Å². The molecule has 6 heteroatoms. The average Bonchev–Trinajstić information content (AvgIpc) is 3.43. The molecule has 1 saturated carbocycles. The van der Waals surface area contributed by atoms with E-state index in [1.54, 1.807) is 25.1 Å². The van der Waals surface area contributed by atoms with Gasteiger partial charge in [-0.15, -0.1) is 0 Å². The normalized spacial score (nSPS) is 14.8. The summed E-state index contributed by atoms with van der Waals surface area (Å²) in [7, 11) is 0. The van der Waals surface area contributed by atoms with E-state index < -0.39 is 0 Å². The molecule has 1 aliphatic rings. The average molecular weight is 384 g/mol. The van der Waals surface area contributed by atoms with E-state index >= 15 is 0 Å². The number of para-hydroxylation sites is 1. The highest BCUT2D eigenvalue weighted by atomic mass is 35.5. The quantitative estimate of drug-likeness (QED) is 0.684. The highest BCUT2D eigenvalue weighted by Gasteiger charge is 2.34. The Kier molecular flexibility index (Phi) is 4.70. The third-order valence-corrected chi connectivity index (χ3v) is 5.20. The van der Waals surface area contributed by atoms with Crippen molar-refractivity contribution in [3.05, 3.63) is 82.4 Å². The molecule has 0 spiro atoms. The molecule has 0 saturated heterocycles. The summed E-state index contributed by atoms with van der Waals surface area (Å²) in [5, 5.41) is 8.01. The van der Waals surface area contributed by atoms with Gasteiger partial charge in [0.2, 0.25) is 0 Å². The zero-order valence-corrected chi connectivity index (χ0v) is 15.6. The van der Waals surface area contributed by atoms with E-state index in [-0.39, 0.29) is 17.8 Å². The molecule has 1 amide bonds. The predicted molar refractivity (Wildman–Crippen MR) is 103 cm³/mol. The van der Waals surface area contributed by atoms with Crippen molar-refractivity contribution in [1.82, 2.24) is 15.1 Å². The minimum Gasteiger partial charge on any atom is -0.345 e. The summed E-state index contributed by atoms with van der Waals surface area (Å²) in [4.78, 5) is 12.9. The molecule has 2 aromatic carbocycles. The molecule has 1 N–H and O–H groups in total. The van der Waals surface area contributed by atoms with Crippen molar-refractivity contribution >= 4 is 17.5 Å². The van der Waals surface area contributed by atoms with Crippen molar-refractivity contribution in [2.75, 3.05) is 0 Å². The third-order valence-electron chi connectivity index (χ3n) is 4.94. The molecule has 0 radical (unpaired) electrons. The molecule has 1 aliphatic carbocycles. The smallest absolute Gasteiger partial charge is 0.255 e. The number of hydrogen-bond acceptors (Lipinski definition) is 2. The number of nitrogens with one attached hydrogen (secondary N) is 1. The van der Waals surface area contributed by atoms with Gasteiger partial charge in [-0.05, 0) is 55.5 Å². The van der Waals surface area contributed by atoms with Crippen LogP contribution in [0.4, 0.5) is 4.39 Å². The zero-order chi connectivity index (χ0) is 19.0. The van der Waals surface area contributed by atoms with Crippen molar-refractivity contribution in [2.24, 2.45) is 5.92 Å². The lowest BCUT2D eigenvalue weighted by Crippen LogP contribution is -2.30. The molecule has 1 unspecified atom stereocenters. The number of carbonyl (C=O) groups excluding carboxylic acids is 1. The minimum atomic E-state index is -0.382. The molecule has 3 aromatic rings. The van der Waals surface area contributed by atoms with Crippen molar-refractivity contribution in [2.45, 2.75) is 25.8 Å². The molecule has 138 valence electrons. The fourth-order valence-electron chi connectivity index (χ4n) is 3.29. The van der Waals surface area contributed by atoms with Gasteiger partial charge in [0.1, 0.15) is 11.5 Å². The summed E-state index contributed by atoms with van der Waals surface area (Å²) in [6.45, 7) is 1.77. The van der Waals surface area contributed by atoms with Crippen LogP contribution in [0.5, 0.6) is 0 Å². The second kappa shape index (κ2) is 7.16. The van der Waals surface area contributed by atoms with Crippen LogP contribution in [-0.2, 0) is 0 Å². The van der Waals surface area contributed by atoms with E-state index in [0.717, 1.165) is 18.4 Å². The lowest BCUT2D eigenvalue weighted by molar-refractivity contribution is 0.0931. The Morgan fingerprint density at radius 2 is 1.93 bits per heavy atom. The van der Waals surface area contributed by atoms with Crippen LogP contribution in [0.1, 0.15) is 40.5 Å². The monoisotopic (exact) mass is 383 g/mol. The fraction of sp³-hybridized carbons (Fsp3) is 0.238. The Hall–Kier alpha value is -2.66. The zero-order valence-electron chi connectivity index (χ0n) is 14.8. The maximum atomic E-state index is 14.1. The fourth-order valence-corrected chi connectivity index (χ4v) is 3.42. The van der Waals surface area contributed by atoms with E-state index in [2.05, 4.69) is 10.4 Å². The maximum absolute atomic E-state index is 14.1. The van der Waals surface area contributed by atoms with Crippen LogP contribution < -0.4 is 5.32 Å². The lowest BCUT2D eigenvalue weighted by atomic mass is 10.0. The van der Waals surface area contributed by atoms with Crippen LogP contribution in [-0.4, -0.2) is 15.7 Å². The Morgan fingerprint density at radius 3 is 2.59 bits per heavy atom. The Labute approximate surface area is 162 Å². The molecule has 1 atom stereocenters. The van der Waals surface area contributed by atoms with E-state index in [1.807, 2.05) is 24.3 Å². The largest absolute Gasteiger partial charge is 0.345 e. The molecule has 27 heavy (non-hydrogen) atoms. The second-order valence-corrected chi connectivity index (χ2v) is 7.28. The molecule has 1 aromatic heterocycles. The first-order valence-electron chi connectivity index (χ1n) is 8.90. The Balaban J connectivity index is 1.59. The van der Waals surface area contributed by atoms with Gasteiger partial charge < -0.3 is 5.32 Å². The topological polar surface area (TPSA) is 46.9 Å². The lowest BCUT2D eigenvalue weighted by Gasteiger charge is -2.19. The number of aromatic nitrogens is 2. The molecule has 1 fully saturated rings. The molecular weight excluding hydrogens is 365 g/mol. The first-order chi connectivity index (χ1) is 13.0. The number of hydrogen-bond donors (Lipinski definition) is 1. The van der Waals surface area contributed by atoms with Crippen LogP contribution >= 0.6 is 11.6 Å². The summed E-state index contributed by atoms with van der Waals surface area (Å²) in [6, 6.07) is 13.9. The van der Waals surface area contributed by atoms with E-state index in [1.165, 1.54) is 16.9 Å². The van der Waals surface area contributed by atoms with Gasteiger partial charge in [0.05, 0.1) is 23.5 Å². The van der Waals surface area contributed by atoms with Crippen molar-refractivity contribution in [3.8, 4) is 5.69 Å². The highest BCUT2D eigenvalue weighted by Crippen LogP contribution is 2.41. The standard InChI is InChI=1S/C21H19ClFN3O/c1-13-17(12-24-26(13)19-5-3-2-4-18(19)23)21(27)25-20(14-6-7-14)15-8-10-16(22)11-9-15/h2-5,8-12,14,20H,6-7H2,1H3,(H,25,27). The predicted octanol–water partition coefficient (Wildman–Crippen LogP) is 4.85. The van der Waals surface area contributed by atoms with E-state index in [4.69, 9.17) is 11.6 Å². The number of halogens is 2. The Morgan fingerprint density at radius 1 is 1.22 bits per heavy atom. The number of nitrogens with zero attached hydrogens (tertiary/aromatic N) is 2. The summed E-state index contributed by atoms with van der Waals surface area (Å²) in [5.74, 6) is -0.160. The third kappa shape index (κ3) is 3.60. The molecule has 1 heterocycles. The van der Waals surface area contributed by atoms with E-state index in [0.29, 0.717) is 27.9 Å². The summed E-state index contributed by atoms with van der Waals surface area (Å²) < 4.78 is 15.5. The SMILES string of the molecule is Cc1c(C(=O)NC(c2ccc(Cl)cc2)C2CC2)cnn1-c1ccccc1F. The molecule has 0 bridgehead atoms. The molecule has 4 rings (SSSR count).